The van der Waals surface area contributed by atoms with Crippen LogP contribution in [0.2, 0.25) is 5.02 Å². The molecule has 1 atom stereocenters. The Morgan fingerprint density at radius 1 is 0.941 bits per heavy atom. The third-order valence-electron chi connectivity index (χ3n) is 2.77. The molecule has 0 aliphatic heterocycles. The van der Waals surface area contributed by atoms with E-state index in [0.717, 1.165) is 5.02 Å². The van der Waals surface area contributed by atoms with Crippen LogP contribution in [0.4, 0.5) is 0 Å². The highest BCUT2D eigenvalue weighted by atomic mass is 35.5. The minimum absolute atomic E-state index is 0.323. The fraction of sp³-hybridized carbons (Fsp3) is 0.125. The molecule has 2 aromatic carbocycles. The summed E-state index contributed by atoms with van der Waals surface area (Å²) in [5.74, 6) is 0.323. The summed E-state index contributed by atoms with van der Waals surface area (Å²) >= 11 is 6.17. The third-order valence-corrected chi connectivity index (χ3v) is 3.12. The highest BCUT2D eigenvalue weighted by Gasteiger charge is 2.04. The van der Waals surface area contributed by atoms with Gasteiger partial charge in [0.15, 0.2) is 0 Å². The van der Waals surface area contributed by atoms with E-state index in [1.54, 1.807) is 0 Å². The van der Waals surface area contributed by atoms with Gasteiger partial charge in [-0.15, -0.1) is 0 Å². The van der Waals surface area contributed by atoms with E-state index in [0.29, 0.717) is 5.92 Å². The average Bonchev–Trinajstić information content (AvgIpc) is 2.38. The zero-order chi connectivity index (χ0) is 12.1. The minimum Gasteiger partial charge on any atom is -0.0840 e. The molecule has 0 heterocycles. The van der Waals surface area contributed by atoms with Crippen molar-refractivity contribution in [2.75, 3.05) is 0 Å². The van der Waals surface area contributed by atoms with E-state index in [-0.39, 0.29) is 0 Å². The van der Waals surface area contributed by atoms with Crippen molar-refractivity contribution in [3.8, 4) is 0 Å². The van der Waals surface area contributed by atoms with Gasteiger partial charge in [-0.2, -0.15) is 0 Å². The van der Waals surface area contributed by atoms with Gasteiger partial charge in [-0.25, -0.2) is 0 Å². The van der Waals surface area contributed by atoms with Gasteiger partial charge in [0.25, 0.3) is 0 Å². The van der Waals surface area contributed by atoms with Crippen LogP contribution in [-0.2, 0) is 0 Å². The first kappa shape index (κ1) is 11.9. The van der Waals surface area contributed by atoms with Crippen LogP contribution in [0.5, 0.6) is 0 Å². The van der Waals surface area contributed by atoms with Crippen molar-refractivity contribution in [3.05, 3.63) is 76.8 Å². The summed E-state index contributed by atoms with van der Waals surface area (Å²) in [6, 6.07) is 18.3. The molecule has 0 aliphatic carbocycles. The molecule has 0 N–H and O–H groups in total. The molecule has 0 amide bonds. The van der Waals surface area contributed by atoms with E-state index in [1.807, 2.05) is 36.4 Å². The van der Waals surface area contributed by atoms with E-state index in [9.17, 15) is 0 Å². The molecule has 0 bridgehead atoms. The molecule has 86 valence electrons. The number of rotatable bonds is 3. The van der Waals surface area contributed by atoms with Gasteiger partial charge < -0.3 is 0 Å². The predicted molar refractivity (Wildman–Crippen MR) is 75.3 cm³/mol. The van der Waals surface area contributed by atoms with Gasteiger partial charge in [0.1, 0.15) is 0 Å². The van der Waals surface area contributed by atoms with E-state index in [2.05, 4.69) is 37.3 Å². The molecule has 0 fully saturated rings. The predicted octanol–water partition coefficient (Wildman–Crippen LogP) is 5.16. The van der Waals surface area contributed by atoms with E-state index in [4.69, 9.17) is 11.6 Å². The minimum atomic E-state index is 0.323. The SMILES string of the molecule is CC(/C=C/c1ccccc1)c1ccccc1Cl. The summed E-state index contributed by atoms with van der Waals surface area (Å²) in [4.78, 5) is 0. The first-order valence-electron chi connectivity index (χ1n) is 5.75. The first-order valence-corrected chi connectivity index (χ1v) is 6.13. The normalized spacial score (nSPS) is 12.8. The van der Waals surface area contributed by atoms with Crippen LogP contribution in [0.1, 0.15) is 24.0 Å². The molecule has 0 aromatic heterocycles. The molecule has 17 heavy (non-hydrogen) atoms. The lowest BCUT2D eigenvalue weighted by molar-refractivity contribution is 0.973. The van der Waals surface area contributed by atoms with Crippen molar-refractivity contribution in [2.45, 2.75) is 12.8 Å². The molecule has 0 saturated carbocycles. The Morgan fingerprint density at radius 2 is 1.59 bits per heavy atom. The summed E-state index contributed by atoms with van der Waals surface area (Å²) in [6.45, 7) is 2.15. The van der Waals surface area contributed by atoms with Gasteiger partial charge in [0.05, 0.1) is 0 Å². The number of hydrogen-bond donors (Lipinski definition) is 0. The van der Waals surface area contributed by atoms with Gasteiger partial charge in [-0.3, -0.25) is 0 Å². The maximum atomic E-state index is 6.17. The highest BCUT2D eigenvalue weighted by molar-refractivity contribution is 6.31. The second-order valence-electron chi connectivity index (χ2n) is 4.08. The fourth-order valence-corrected chi connectivity index (χ4v) is 2.08. The monoisotopic (exact) mass is 242 g/mol. The fourth-order valence-electron chi connectivity index (χ4n) is 1.77. The Labute approximate surface area is 108 Å². The molecular formula is C16H15Cl. The van der Waals surface area contributed by atoms with Crippen molar-refractivity contribution >= 4 is 17.7 Å². The molecule has 1 heteroatoms. The van der Waals surface area contributed by atoms with Crippen LogP contribution >= 0.6 is 11.6 Å². The van der Waals surface area contributed by atoms with Crippen molar-refractivity contribution < 1.29 is 0 Å². The molecule has 2 rings (SSSR count). The highest BCUT2D eigenvalue weighted by Crippen LogP contribution is 2.25. The zero-order valence-electron chi connectivity index (χ0n) is 9.81. The Kier molecular flexibility index (Phi) is 4.00. The molecule has 2 aromatic rings. The maximum Gasteiger partial charge on any atom is 0.0443 e. The Bertz CT molecular complexity index is 500. The second kappa shape index (κ2) is 5.70. The molecular weight excluding hydrogens is 228 g/mol. The van der Waals surface area contributed by atoms with Crippen molar-refractivity contribution in [3.63, 3.8) is 0 Å². The van der Waals surface area contributed by atoms with Gasteiger partial charge in [0.2, 0.25) is 0 Å². The third kappa shape index (κ3) is 3.21. The maximum absolute atomic E-state index is 6.17. The van der Waals surface area contributed by atoms with Crippen molar-refractivity contribution in [2.24, 2.45) is 0 Å². The van der Waals surface area contributed by atoms with Crippen molar-refractivity contribution in [1.29, 1.82) is 0 Å². The number of halogens is 1. The number of benzene rings is 2. The first-order chi connectivity index (χ1) is 8.27. The van der Waals surface area contributed by atoms with Gasteiger partial charge >= 0.3 is 0 Å². The van der Waals surface area contributed by atoms with Gasteiger partial charge in [-0.05, 0) is 17.2 Å². The average molecular weight is 243 g/mol. The van der Waals surface area contributed by atoms with Crippen molar-refractivity contribution in [1.82, 2.24) is 0 Å². The summed E-state index contributed by atoms with van der Waals surface area (Å²) < 4.78 is 0. The van der Waals surface area contributed by atoms with Gasteiger partial charge in [0, 0.05) is 10.9 Å². The van der Waals surface area contributed by atoms with E-state index in [1.165, 1.54) is 11.1 Å². The number of allylic oxidation sites excluding steroid dienone is 1. The molecule has 0 spiro atoms. The van der Waals surface area contributed by atoms with Crippen LogP contribution in [0.25, 0.3) is 6.08 Å². The summed E-state index contributed by atoms with van der Waals surface area (Å²) in [6.07, 6.45) is 4.31. The van der Waals surface area contributed by atoms with E-state index >= 15 is 0 Å². The standard InChI is InChI=1S/C16H15Cl/c1-13(15-9-5-6-10-16(15)17)11-12-14-7-3-2-4-8-14/h2-13H,1H3/b12-11+. The van der Waals surface area contributed by atoms with Crippen LogP contribution in [0.3, 0.4) is 0 Å². The Hall–Kier alpha value is -1.53. The van der Waals surface area contributed by atoms with Crippen LogP contribution in [0, 0.1) is 0 Å². The molecule has 0 nitrogen and oxygen atoms in total. The lowest BCUT2D eigenvalue weighted by Gasteiger charge is -2.08. The zero-order valence-corrected chi connectivity index (χ0v) is 10.6. The second-order valence-corrected chi connectivity index (χ2v) is 4.49. The molecule has 0 saturated heterocycles. The Balaban J connectivity index is 2.15. The lowest BCUT2D eigenvalue weighted by atomic mass is 10.00. The van der Waals surface area contributed by atoms with E-state index < -0.39 is 0 Å². The summed E-state index contributed by atoms with van der Waals surface area (Å²) in [5, 5.41) is 0.831. The molecule has 0 radical (unpaired) electrons. The largest absolute Gasteiger partial charge is 0.0840 e. The smallest absolute Gasteiger partial charge is 0.0443 e. The van der Waals surface area contributed by atoms with Gasteiger partial charge in [-0.1, -0.05) is 79.2 Å². The quantitative estimate of drug-likeness (QED) is 0.698. The molecule has 1 unspecified atom stereocenters. The van der Waals surface area contributed by atoms with Crippen LogP contribution in [0.15, 0.2) is 60.7 Å². The summed E-state index contributed by atoms with van der Waals surface area (Å²) in [5.41, 5.74) is 2.38. The topological polar surface area (TPSA) is 0 Å². The lowest BCUT2D eigenvalue weighted by Crippen LogP contribution is -1.89. The molecule has 0 aliphatic rings. The summed E-state index contributed by atoms with van der Waals surface area (Å²) in [7, 11) is 0. The number of hydrogen-bond acceptors (Lipinski definition) is 0. The van der Waals surface area contributed by atoms with Crippen LogP contribution in [-0.4, -0.2) is 0 Å². The van der Waals surface area contributed by atoms with Crippen LogP contribution < -0.4 is 0 Å². The Morgan fingerprint density at radius 3 is 2.29 bits per heavy atom.